The van der Waals surface area contributed by atoms with Crippen LogP contribution < -0.4 is 5.32 Å². The molecule has 20 heavy (non-hydrogen) atoms. The summed E-state index contributed by atoms with van der Waals surface area (Å²) in [7, 11) is 0. The molecule has 2 rings (SSSR count). The van der Waals surface area contributed by atoms with E-state index in [1.807, 2.05) is 0 Å². The molecule has 1 aromatic heterocycles. The molecule has 0 saturated heterocycles. The van der Waals surface area contributed by atoms with E-state index in [4.69, 9.17) is 0 Å². The van der Waals surface area contributed by atoms with Crippen LogP contribution in [0.5, 0.6) is 0 Å². The summed E-state index contributed by atoms with van der Waals surface area (Å²) < 4.78 is 13.5. The van der Waals surface area contributed by atoms with E-state index in [2.05, 4.69) is 22.4 Å². The van der Waals surface area contributed by atoms with Gasteiger partial charge in [0.2, 0.25) is 5.13 Å². The molecule has 106 valence electrons. The van der Waals surface area contributed by atoms with Gasteiger partial charge in [-0.15, -0.1) is 10.2 Å². The Bertz CT molecular complexity index is 585. The minimum Gasteiger partial charge on any atom is -0.296 e. The van der Waals surface area contributed by atoms with Crippen molar-refractivity contribution in [3.05, 3.63) is 40.7 Å². The lowest BCUT2D eigenvalue weighted by molar-refractivity contribution is 0.102. The molecule has 0 radical (unpaired) electrons. The molecule has 0 unspecified atom stereocenters. The van der Waals surface area contributed by atoms with Gasteiger partial charge in [-0.25, -0.2) is 4.39 Å². The Morgan fingerprint density at radius 3 is 2.85 bits per heavy atom. The van der Waals surface area contributed by atoms with Crippen molar-refractivity contribution >= 4 is 22.4 Å². The number of nitrogens with zero attached hydrogens (tertiary/aromatic N) is 2. The molecule has 0 bridgehead atoms. The highest BCUT2D eigenvalue weighted by molar-refractivity contribution is 7.15. The third-order valence-corrected chi connectivity index (χ3v) is 3.70. The number of aryl methyl sites for hydroxylation is 1. The average molecular weight is 293 g/mol. The second-order valence-electron chi connectivity index (χ2n) is 4.39. The van der Waals surface area contributed by atoms with Gasteiger partial charge in [-0.05, 0) is 18.6 Å². The molecule has 1 aromatic carbocycles. The lowest BCUT2D eigenvalue weighted by Gasteiger charge is -2.01. The predicted molar refractivity (Wildman–Crippen MR) is 77.5 cm³/mol. The van der Waals surface area contributed by atoms with Gasteiger partial charge >= 0.3 is 0 Å². The SMILES string of the molecule is CCCCCc1nnc(NC(=O)c2ccccc2F)s1. The highest BCUT2D eigenvalue weighted by atomic mass is 32.1. The molecule has 1 amide bonds. The lowest BCUT2D eigenvalue weighted by atomic mass is 10.2. The fourth-order valence-electron chi connectivity index (χ4n) is 1.74. The zero-order valence-electron chi connectivity index (χ0n) is 11.2. The maximum atomic E-state index is 13.5. The fraction of sp³-hybridized carbons (Fsp3) is 0.357. The summed E-state index contributed by atoms with van der Waals surface area (Å²) in [5.41, 5.74) is 0.00947. The van der Waals surface area contributed by atoms with Crippen molar-refractivity contribution in [2.24, 2.45) is 0 Å². The third-order valence-electron chi connectivity index (χ3n) is 2.80. The minimum atomic E-state index is -0.544. The van der Waals surface area contributed by atoms with Crippen molar-refractivity contribution in [3.8, 4) is 0 Å². The number of rotatable bonds is 6. The molecule has 0 fully saturated rings. The monoisotopic (exact) mass is 293 g/mol. The molecular weight excluding hydrogens is 277 g/mol. The van der Waals surface area contributed by atoms with Crippen LogP contribution in [0.25, 0.3) is 0 Å². The lowest BCUT2D eigenvalue weighted by Crippen LogP contribution is -2.13. The molecule has 6 heteroatoms. The van der Waals surface area contributed by atoms with E-state index in [1.165, 1.54) is 23.5 Å². The van der Waals surface area contributed by atoms with Gasteiger partial charge in [0, 0.05) is 6.42 Å². The Hall–Kier alpha value is -1.82. The first-order chi connectivity index (χ1) is 9.70. The second-order valence-corrected chi connectivity index (χ2v) is 5.45. The van der Waals surface area contributed by atoms with E-state index >= 15 is 0 Å². The van der Waals surface area contributed by atoms with Crippen LogP contribution >= 0.6 is 11.3 Å². The number of halogens is 1. The van der Waals surface area contributed by atoms with Crippen molar-refractivity contribution in [1.82, 2.24) is 10.2 Å². The number of hydrogen-bond donors (Lipinski definition) is 1. The number of hydrogen-bond acceptors (Lipinski definition) is 4. The molecule has 0 aliphatic rings. The zero-order chi connectivity index (χ0) is 14.4. The van der Waals surface area contributed by atoms with Gasteiger partial charge in [-0.1, -0.05) is 43.2 Å². The number of carbonyl (C=O) groups is 1. The van der Waals surface area contributed by atoms with Gasteiger partial charge in [0.15, 0.2) is 0 Å². The number of anilines is 1. The number of benzene rings is 1. The van der Waals surface area contributed by atoms with Gasteiger partial charge in [0.1, 0.15) is 10.8 Å². The van der Waals surface area contributed by atoms with Crippen LogP contribution in [-0.4, -0.2) is 16.1 Å². The van der Waals surface area contributed by atoms with Crippen LogP contribution in [0.1, 0.15) is 41.6 Å². The molecule has 1 N–H and O–H groups in total. The molecule has 4 nitrogen and oxygen atoms in total. The summed E-state index contributed by atoms with van der Waals surface area (Å²) in [5, 5.41) is 11.8. The first-order valence-corrected chi connectivity index (χ1v) is 7.40. The van der Waals surface area contributed by atoms with E-state index < -0.39 is 11.7 Å². The van der Waals surface area contributed by atoms with Crippen molar-refractivity contribution in [1.29, 1.82) is 0 Å². The van der Waals surface area contributed by atoms with E-state index in [0.29, 0.717) is 5.13 Å². The Labute approximate surface area is 121 Å². The van der Waals surface area contributed by atoms with Crippen LogP contribution in [0.3, 0.4) is 0 Å². The van der Waals surface area contributed by atoms with Gasteiger partial charge < -0.3 is 0 Å². The maximum Gasteiger partial charge on any atom is 0.260 e. The average Bonchev–Trinajstić information content (AvgIpc) is 2.87. The van der Waals surface area contributed by atoms with Crippen LogP contribution in [-0.2, 0) is 6.42 Å². The van der Waals surface area contributed by atoms with Crippen LogP contribution in [0.2, 0.25) is 0 Å². The largest absolute Gasteiger partial charge is 0.296 e. The Morgan fingerprint density at radius 1 is 1.30 bits per heavy atom. The van der Waals surface area contributed by atoms with Crippen molar-refractivity contribution in [2.45, 2.75) is 32.6 Å². The molecule has 0 aliphatic carbocycles. The smallest absolute Gasteiger partial charge is 0.260 e. The van der Waals surface area contributed by atoms with Crippen molar-refractivity contribution < 1.29 is 9.18 Å². The quantitative estimate of drug-likeness (QED) is 0.827. The first kappa shape index (κ1) is 14.6. The predicted octanol–water partition coefficient (Wildman–Crippen LogP) is 3.66. The first-order valence-electron chi connectivity index (χ1n) is 6.59. The molecule has 2 aromatic rings. The Kier molecular flexibility index (Phi) is 5.17. The molecule has 0 spiro atoms. The van der Waals surface area contributed by atoms with E-state index in [0.717, 1.165) is 30.7 Å². The summed E-state index contributed by atoms with van der Waals surface area (Å²) >= 11 is 1.34. The number of aromatic nitrogens is 2. The molecule has 1 heterocycles. The van der Waals surface area contributed by atoms with Gasteiger partial charge in [0.05, 0.1) is 5.56 Å². The van der Waals surface area contributed by atoms with Crippen molar-refractivity contribution in [3.63, 3.8) is 0 Å². The minimum absolute atomic E-state index is 0.00947. The normalized spacial score (nSPS) is 10.5. The summed E-state index contributed by atoms with van der Waals surface area (Å²) in [4.78, 5) is 11.9. The summed E-state index contributed by atoms with van der Waals surface area (Å²) in [6.45, 7) is 2.14. The van der Waals surface area contributed by atoms with Gasteiger partial charge in [-0.2, -0.15) is 0 Å². The van der Waals surface area contributed by atoms with Crippen molar-refractivity contribution in [2.75, 3.05) is 5.32 Å². The van der Waals surface area contributed by atoms with Gasteiger partial charge in [-0.3, -0.25) is 10.1 Å². The van der Waals surface area contributed by atoms with E-state index in [-0.39, 0.29) is 5.56 Å². The molecule has 0 atom stereocenters. The zero-order valence-corrected chi connectivity index (χ0v) is 12.0. The summed E-state index contributed by atoms with van der Waals surface area (Å²) in [6, 6.07) is 5.86. The van der Waals surface area contributed by atoms with Crippen LogP contribution in [0.15, 0.2) is 24.3 Å². The standard InChI is InChI=1S/C14H16FN3OS/c1-2-3-4-9-12-17-18-14(20-12)16-13(19)10-7-5-6-8-11(10)15/h5-8H,2-4,9H2,1H3,(H,16,18,19). The van der Waals surface area contributed by atoms with E-state index in [9.17, 15) is 9.18 Å². The number of carbonyl (C=O) groups excluding carboxylic acids is 1. The van der Waals surface area contributed by atoms with E-state index in [1.54, 1.807) is 12.1 Å². The number of nitrogens with one attached hydrogen (secondary N) is 1. The maximum absolute atomic E-state index is 13.5. The second kappa shape index (κ2) is 7.09. The summed E-state index contributed by atoms with van der Waals surface area (Å²) in [6.07, 6.45) is 4.22. The highest BCUT2D eigenvalue weighted by Crippen LogP contribution is 2.18. The number of unbranched alkanes of at least 4 members (excludes halogenated alkanes) is 2. The molecule has 0 aliphatic heterocycles. The highest BCUT2D eigenvalue weighted by Gasteiger charge is 2.13. The number of amides is 1. The Balaban J connectivity index is 1.97. The topological polar surface area (TPSA) is 54.9 Å². The van der Waals surface area contributed by atoms with Crippen LogP contribution in [0, 0.1) is 5.82 Å². The summed E-state index contributed by atoms with van der Waals surface area (Å²) in [5.74, 6) is -1.04. The fourth-order valence-corrected chi connectivity index (χ4v) is 2.52. The van der Waals surface area contributed by atoms with Gasteiger partial charge in [0.25, 0.3) is 5.91 Å². The Morgan fingerprint density at radius 2 is 2.10 bits per heavy atom. The molecular formula is C14H16FN3OS. The van der Waals surface area contributed by atoms with Crippen LogP contribution in [0.4, 0.5) is 9.52 Å². The third kappa shape index (κ3) is 3.84. The molecule has 0 saturated carbocycles.